The van der Waals surface area contributed by atoms with Crippen LogP contribution >= 0.6 is 11.3 Å². The van der Waals surface area contributed by atoms with Crippen molar-refractivity contribution in [2.45, 2.75) is 32.6 Å². The molecule has 1 fully saturated rings. The molecule has 18 heavy (non-hydrogen) atoms. The van der Waals surface area contributed by atoms with Gasteiger partial charge in [0.25, 0.3) is 0 Å². The molecule has 0 aliphatic carbocycles. The normalized spacial score (nSPS) is 24.6. The third-order valence-electron chi connectivity index (χ3n) is 2.85. The largest absolute Gasteiger partial charge is 0.373 e. The van der Waals surface area contributed by atoms with Crippen LogP contribution in [0.2, 0.25) is 0 Å². The lowest BCUT2D eigenvalue weighted by molar-refractivity contribution is -0.0702. The van der Waals surface area contributed by atoms with Gasteiger partial charge in [0.1, 0.15) is 0 Å². The summed E-state index contributed by atoms with van der Waals surface area (Å²) in [6, 6.07) is 4.24. The highest BCUT2D eigenvalue weighted by Crippen LogP contribution is 2.20. The molecule has 1 saturated heterocycles. The van der Waals surface area contributed by atoms with Gasteiger partial charge in [0.15, 0.2) is 0 Å². The Bertz CT molecular complexity index is 436. The Morgan fingerprint density at radius 1 is 1.39 bits per heavy atom. The first-order valence-corrected chi connectivity index (χ1v) is 7.14. The van der Waals surface area contributed by atoms with Gasteiger partial charge in [0, 0.05) is 24.5 Å². The van der Waals surface area contributed by atoms with Crippen LogP contribution in [-0.4, -0.2) is 36.7 Å². The van der Waals surface area contributed by atoms with E-state index in [-0.39, 0.29) is 0 Å². The summed E-state index contributed by atoms with van der Waals surface area (Å²) in [4.78, 5) is 4.91. The number of hydrogen-bond acceptors (Lipinski definition) is 4. The van der Waals surface area contributed by atoms with Crippen molar-refractivity contribution in [1.82, 2.24) is 4.90 Å². The average Bonchev–Trinajstić information content (AvgIpc) is 2.72. The van der Waals surface area contributed by atoms with Gasteiger partial charge in [-0.05, 0) is 26.0 Å². The standard InChI is InChI=1S/C14H20N2OS/c1-11-8-16(9-12(2)17-11)10-14-6-5-13(18-14)4-3-7-15/h5-6,11-12H,7-10,15H2,1-2H3/t11-,12+. The van der Waals surface area contributed by atoms with Crippen molar-refractivity contribution < 1.29 is 4.74 Å². The Hall–Kier alpha value is -0.860. The maximum atomic E-state index is 5.74. The molecule has 0 aromatic carbocycles. The SMILES string of the molecule is C[C@@H]1CN(Cc2ccc(C#CCN)s2)C[C@H](C)O1. The third-order valence-corrected chi connectivity index (χ3v) is 3.84. The molecule has 98 valence electrons. The van der Waals surface area contributed by atoms with Crippen molar-refractivity contribution in [2.24, 2.45) is 5.73 Å². The van der Waals surface area contributed by atoms with Crippen molar-refractivity contribution in [2.75, 3.05) is 19.6 Å². The fourth-order valence-corrected chi connectivity index (χ4v) is 3.23. The van der Waals surface area contributed by atoms with Crippen LogP contribution in [-0.2, 0) is 11.3 Å². The van der Waals surface area contributed by atoms with E-state index in [4.69, 9.17) is 10.5 Å². The fraction of sp³-hybridized carbons (Fsp3) is 0.571. The minimum Gasteiger partial charge on any atom is -0.373 e. The summed E-state index contributed by atoms with van der Waals surface area (Å²) in [6.07, 6.45) is 0.649. The van der Waals surface area contributed by atoms with Crippen LogP contribution in [0.1, 0.15) is 23.6 Å². The lowest BCUT2D eigenvalue weighted by atomic mass is 10.2. The van der Waals surface area contributed by atoms with Crippen LogP contribution in [0.15, 0.2) is 12.1 Å². The topological polar surface area (TPSA) is 38.5 Å². The Labute approximate surface area is 113 Å². The summed E-state index contributed by atoms with van der Waals surface area (Å²) in [5.74, 6) is 5.97. The van der Waals surface area contributed by atoms with Crippen molar-refractivity contribution in [1.29, 1.82) is 0 Å². The second-order valence-electron chi connectivity index (χ2n) is 4.72. The van der Waals surface area contributed by atoms with Gasteiger partial charge >= 0.3 is 0 Å². The van der Waals surface area contributed by atoms with Crippen LogP contribution in [0.4, 0.5) is 0 Å². The molecule has 2 rings (SSSR count). The van der Waals surface area contributed by atoms with Crippen LogP contribution in [0.25, 0.3) is 0 Å². The molecule has 1 aromatic rings. The highest BCUT2D eigenvalue weighted by Gasteiger charge is 2.22. The van der Waals surface area contributed by atoms with Gasteiger partial charge in [-0.25, -0.2) is 0 Å². The Morgan fingerprint density at radius 2 is 2.11 bits per heavy atom. The van der Waals surface area contributed by atoms with Gasteiger partial charge < -0.3 is 10.5 Å². The van der Waals surface area contributed by atoms with E-state index in [9.17, 15) is 0 Å². The summed E-state index contributed by atoms with van der Waals surface area (Å²) in [5, 5.41) is 0. The Morgan fingerprint density at radius 3 is 2.78 bits per heavy atom. The Kier molecular flexibility index (Phi) is 4.79. The molecule has 4 heteroatoms. The first-order chi connectivity index (χ1) is 8.67. The summed E-state index contributed by atoms with van der Waals surface area (Å²) >= 11 is 1.76. The molecule has 0 radical (unpaired) electrons. The number of thiophene rings is 1. The molecule has 0 amide bonds. The minimum absolute atomic E-state index is 0.324. The van der Waals surface area contributed by atoms with Gasteiger partial charge in [-0.3, -0.25) is 4.90 Å². The van der Waals surface area contributed by atoms with Gasteiger partial charge in [-0.1, -0.05) is 11.8 Å². The number of ether oxygens (including phenoxy) is 1. The summed E-state index contributed by atoms with van der Waals surface area (Å²) in [6.45, 7) is 7.70. The molecule has 0 bridgehead atoms. The molecular formula is C14H20N2OS. The Balaban J connectivity index is 1.94. The van der Waals surface area contributed by atoms with Crippen LogP contribution in [0.3, 0.4) is 0 Å². The van der Waals surface area contributed by atoms with E-state index in [1.54, 1.807) is 11.3 Å². The first-order valence-electron chi connectivity index (χ1n) is 6.33. The molecule has 1 aromatic heterocycles. The zero-order valence-electron chi connectivity index (χ0n) is 11.0. The van der Waals surface area contributed by atoms with E-state index in [0.717, 1.165) is 24.5 Å². The summed E-state index contributed by atoms with van der Waals surface area (Å²) in [5.41, 5.74) is 5.37. The quantitative estimate of drug-likeness (QED) is 0.826. The molecule has 3 nitrogen and oxygen atoms in total. The van der Waals surface area contributed by atoms with Crippen molar-refractivity contribution in [3.63, 3.8) is 0 Å². The van der Waals surface area contributed by atoms with E-state index >= 15 is 0 Å². The number of hydrogen-bond donors (Lipinski definition) is 1. The lowest BCUT2D eigenvalue weighted by Crippen LogP contribution is -2.44. The van der Waals surface area contributed by atoms with Crippen LogP contribution in [0, 0.1) is 11.8 Å². The van der Waals surface area contributed by atoms with Crippen molar-refractivity contribution >= 4 is 11.3 Å². The molecule has 0 spiro atoms. The van der Waals surface area contributed by atoms with E-state index < -0.39 is 0 Å². The zero-order chi connectivity index (χ0) is 13.0. The van der Waals surface area contributed by atoms with E-state index in [1.165, 1.54) is 4.88 Å². The molecule has 0 unspecified atom stereocenters. The van der Waals surface area contributed by atoms with E-state index in [1.807, 2.05) is 0 Å². The highest BCUT2D eigenvalue weighted by molar-refractivity contribution is 7.12. The first kappa shape index (κ1) is 13.6. The fourth-order valence-electron chi connectivity index (χ4n) is 2.30. The number of rotatable bonds is 2. The molecule has 0 saturated carbocycles. The number of nitrogens with two attached hydrogens (primary N) is 1. The number of nitrogens with zero attached hydrogens (tertiary/aromatic N) is 1. The van der Waals surface area contributed by atoms with E-state index in [0.29, 0.717) is 18.8 Å². The second kappa shape index (κ2) is 6.35. The van der Waals surface area contributed by atoms with Crippen LogP contribution < -0.4 is 5.73 Å². The predicted molar refractivity (Wildman–Crippen MR) is 75.5 cm³/mol. The zero-order valence-corrected chi connectivity index (χ0v) is 11.8. The molecule has 2 heterocycles. The molecule has 1 aliphatic heterocycles. The molecule has 2 N–H and O–H groups in total. The van der Waals surface area contributed by atoms with Gasteiger partial charge in [0.05, 0.1) is 23.6 Å². The maximum absolute atomic E-state index is 5.74. The minimum atomic E-state index is 0.324. The molecular weight excluding hydrogens is 244 g/mol. The maximum Gasteiger partial charge on any atom is 0.0772 e. The van der Waals surface area contributed by atoms with Crippen LogP contribution in [0.5, 0.6) is 0 Å². The van der Waals surface area contributed by atoms with Crippen molar-refractivity contribution in [3.8, 4) is 11.8 Å². The molecule has 1 aliphatic rings. The highest BCUT2D eigenvalue weighted by atomic mass is 32.1. The predicted octanol–water partition coefficient (Wildman–Crippen LogP) is 1.67. The monoisotopic (exact) mass is 264 g/mol. The van der Waals surface area contributed by atoms with Gasteiger partial charge in [-0.2, -0.15) is 0 Å². The second-order valence-corrected chi connectivity index (χ2v) is 5.89. The number of morpholine rings is 1. The third kappa shape index (κ3) is 3.82. The van der Waals surface area contributed by atoms with Crippen molar-refractivity contribution in [3.05, 3.63) is 21.9 Å². The lowest BCUT2D eigenvalue weighted by Gasteiger charge is -2.34. The summed E-state index contributed by atoms with van der Waals surface area (Å²) < 4.78 is 5.74. The smallest absolute Gasteiger partial charge is 0.0772 e. The van der Waals surface area contributed by atoms with E-state index in [2.05, 4.69) is 42.7 Å². The van der Waals surface area contributed by atoms with Gasteiger partial charge in [-0.15, -0.1) is 11.3 Å². The average molecular weight is 264 g/mol. The van der Waals surface area contributed by atoms with Gasteiger partial charge in [0.2, 0.25) is 0 Å². The molecule has 2 atom stereocenters. The summed E-state index contributed by atoms with van der Waals surface area (Å²) in [7, 11) is 0.